The molecule has 1 aliphatic carbocycles. The van der Waals surface area contributed by atoms with E-state index in [2.05, 4.69) is 87.5 Å². The monoisotopic (exact) mass is 322 g/mol. The summed E-state index contributed by atoms with van der Waals surface area (Å²) in [5, 5.41) is 4.67. The van der Waals surface area contributed by atoms with E-state index in [4.69, 9.17) is 0 Å². The zero-order chi connectivity index (χ0) is 16.2. The van der Waals surface area contributed by atoms with E-state index >= 15 is 0 Å². The smallest absolute Gasteiger partial charge is 0.0131 e. The SMILES string of the molecule is CC(C)[C@H]1CC[C@@H](C)C=C1P(c1ccccc1)c1ccccc1. The molecule has 1 aliphatic rings. The van der Waals surface area contributed by atoms with Crippen molar-refractivity contribution in [2.24, 2.45) is 17.8 Å². The van der Waals surface area contributed by atoms with Crippen molar-refractivity contribution < 1.29 is 0 Å². The second-order valence-electron chi connectivity index (χ2n) is 7.00. The highest BCUT2D eigenvalue weighted by atomic mass is 31.1. The fourth-order valence-electron chi connectivity index (χ4n) is 3.61. The van der Waals surface area contributed by atoms with Gasteiger partial charge in [0.15, 0.2) is 0 Å². The van der Waals surface area contributed by atoms with Crippen LogP contribution < -0.4 is 10.6 Å². The molecule has 23 heavy (non-hydrogen) atoms. The summed E-state index contributed by atoms with van der Waals surface area (Å²) in [4.78, 5) is 0. The third-order valence-electron chi connectivity index (χ3n) is 4.86. The van der Waals surface area contributed by atoms with Crippen LogP contribution in [-0.4, -0.2) is 0 Å². The molecular weight excluding hydrogens is 295 g/mol. The number of rotatable bonds is 4. The van der Waals surface area contributed by atoms with E-state index in [-0.39, 0.29) is 0 Å². The lowest BCUT2D eigenvalue weighted by Crippen LogP contribution is -2.23. The summed E-state index contributed by atoms with van der Waals surface area (Å²) in [6.45, 7) is 7.15. The van der Waals surface area contributed by atoms with Crippen molar-refractivity contribution in [3.63, 3.8) is 0 Å². The summed E-state index contributed by atoms with van der Waals surface area (Å²) in [6.07, 6.45) is 5.27. The van der Waals surface area contributed by atoms with E-state index in [0.29, 0.717) is 11.8 Å². The highest BCUT2D eigenvalue weighted by Crippen LogP contribution is 2.52. The minimum Gasteiger partial charge on any atom is -0.0771 e. The van der Waals surface area contributed by atoms with Gasteiger partial charge in [-0.3, -0.25) is 0 Å². The van der Waals surface area contributed by atoms with Crippen molar-refractivity contribution in [1.29, 1.82) is 0 Å². The Labute approximate surface area is 142 Å². The molecule has 0 aromatic heterocycles. The minimum absolute atomic E-state index is 0.406. The molecule has 2 aromatic rings. The first-order chi connectivity index (χ1) is 11.2. The van der Waals surface area contributed by atoms with Crippen LogP contribution in [0.5, 0.6) is 0 Å². The van der Waals surface area contributed by atoms with Crippen LogP contribution in [0, 0.1) is 17.8 Å². The van der Waals surface area contributed by atoms with Crippen molar-refractivity contribution in [2.75, 3.05) is 0 Å². The first kappa shape index (κ1) is 16.5. The van der Waals surface area contributed by atoms with Gasteiger partial charge >= 0.3 is 0 Å². The summed E-state index contributed by atoms with van der Waals surface area (Å²) in [7, 11) is -0.406. The largest absolute Gasteiger partial charge is 0.0771 e. The molecule has 0 saturated heterocycles. The number of allylic oxidation sites excluding steroid dienone is 2. The molecule has 2 atom stereocenters. The molecule has 0 amide bonds. The number of benzene rings is 2. The first-order valence-corrected chi connectivity index (χ1v) is 10.1. The standard InChI is InChI=1S/C22H27P/c1-17(2)21-15-14-18(3)16-22(21)23(19-10-6-4-7-11-19)20-12-8-5-9-13-20/h4-13,16-18,21H,14-15H2,1-3H3/t18-,21-/m1/s1. The lowest BCUT2D eigenvalue weighted by Gasteiger charge is -2.35. The molecule has 2 aromatic carbocycles. The molecular formula is C22H27P. The van der Waals surface area contributed by atoms with Gasteiger partial charge in [0.2, 0.25) is 0 Å². The van der Waals surface area contributed by atoms with Crippen LogP contribution in [0.25, 0.3) is 0 Å². The molecule has 120 valence electrons. The molecule has 0 fully saturated rings. The molecule has 0 radical (unpaired) electrons. The predicted octanol–water partition coefficient (Wildman–Crippen LogP) is 5.71. The zero-order valence-corrected chi connectivity index (χ0v) is 15.3. The van der Waals surface area contributed by atoms with Gasteiger partial charge in [-0.15, -0.1) is 0 Å². The average molecular weight is 322 g/mol. The van der Waals surface area contributed by atoms with E-state index in [1.807, 2.05) is 0 Å². The van der Waals surface area contributed by atoms with Gasteiger partial charge in [0.1, 0.15) is 0 Å². The Balaban J connectivity index is 2.11. The lowest BCUT2D eigenvalue weighted by atomic mass is 9.83. The third kappa shape index (κ3) is 3.75. The molecule has 0 saturated carbocycles. The second-order valence-corrected chi connectivity index (χ2v) is 9.22. The van der Waals surface area contributed by atoms with Crippen molar-refractivity contribution in [2.45, 2.75) is 33.6 Å². The van der Waals surface area contributed by atoms with Crippen LogP contribution >= 0.6 is 7.92 Å². The van der Waals surface area contributed by atoms with Gasteiger partial charge in [-0.2, -0.15) is 0 Å². The summed E-state index contributed by atoms with van der Waals surface area (Å²) in [6, 6.07) is 22.3. The maximum Gasteiger partial charge on any atom is -0.0131 e. The fourth-order valence-corrected chi connectivity index (χ4v) is 6.60. The molecule has 0 unspecified atom stereocenters. The molecule has 0 bridgehead atoms. The van der Waals surface area contributed by atoms with Gasteiger partial charge in [0, 0.05) is 0 Å². The van der Waals surface area contributed by atoms with Gasteiger partial charge in [-0.25, -0.2) is 0 Å². The molecule has 0 N–H and O–H groups in total. The van der Waals surface area contributed by atoms with Crippen molar-refractivity contribution >= 4 is 18.5 Å². The molecule has 3 rings (SSSR count). The summed E-state index contributed by atoms with van der Waals surface area (Å²) in [5.74, 6) is 2.14. The van der Waals surface area contributed by atoms with Gasteiger partial charge in [0.05, 0.1) is 0 Å². The van der Waals surface area contributed by atoms with Crippen molar-refractivity contribution in [3.8, 4) is 0 Å². The molecule has 0 nitrogen and oxygen atoms in total. The Morgan fingerprint density at radius 3 is 1.83 bits per heavy atom. The third-order valence-corrected chi connectivity index (χ3v) is 7.49. The minimum atomic E-state index is -0.406. The normalized spacial score (nSPS) is 21.5. The van der Waals surface area contributed by atoms with E-state index in [1.165, 1.54) is 23.5 Å². The van der Waals surface area contributed by atoms with E-state index in [9.17, 15) is 0 Å². The van der Waals surface area contributed by atoms with Gasteiger partial charge < -0.3 is 0 Å². The van der Waals surface area contributed by atoms with Crippen LogP contribution in [-0.2, 0) is 0 Å². The van der Waals surface area contributed by atoms with Crippen LogP contribution in [0.4, 0.5) is 0 Å². The Morgan fingerprint density at radius 2 is 1.35 bits per heavy atom. The van der Waals surface area contributed by atoms with Crippen LogP contribution in [0.15, 0.2) is 72.1 Å². The summed E-state index contributed by atoms with van der Waals surface area (Å²) < 4.78 is 0. The topological polar surface area (TPSA) is 0 Å². The fraction of sp³-hybridized carbons (Fsp3) is 0.364. The van der Waals surface area contributed by atoms with Gasteiger partial charge in [-0.05, 0) is 54.4 Å². The van der Waals surface area contributed by atoms with Crippen LogP contribution in [0.1, 0.15) is 33.6 Å². The van der Waals surface area contributed by atoms with Gasteiger partial charge in [-0.1, -0.05) is 87.5 Å². The molecule has 0 spiro atoms. The Bertz CT molecular complexity index is 603. The Hall–Kier alpha value is -1.39. The van der Waals surface area contributed by atoms with E-state index in [1.54, 1.807) is 5.31 Å². The second kappa shape index (κ2) is 7.45. The maximum absolute atomic E-state index is 2.60. The van der Waals surface area contributed by atoms with E-state index in [0.717, 1.165) is 5.92 Å². The summed E-state index contributed by atoms with van der Waals surface area (Å²) in [5.41, 5.74) is 0. The first-order valence-electron chi connectivity index (χ1n) is 8.78. The molecule has 1 heteroatoms. The quantitative estimate of drug-likeness (QED) is 0.633. The maximum atomic E-state index is 2.60. The number of hydrogen-bond donors (Lipinski definition) is 0. The molecule has 0 aliphatic heterocycles. The Morgan fingerprint density at radius 1 is 0.826 bits per heavy atom. The van der Waals surface area contributed by atoms with Crippen molar-refractivity contribution in [3.05, 3.63) is 72.1 Å². The van der Waals surface area contributed by atoms with Crippen LogP contribution in [0.3, 0.4) is 0 Å². The van der Waals surface area contributed by atoms with Crippen molar-refractivity contribution in [1.82, 2.24) is 0 Å². The highest BCUT2D eigenvalue weighted by molar-refractivity contribution is 7.76. The van der Waals surface area contributed by atoms with Gasteiger partial charge in [0.25, 0.3) is 0 Å². The predicted molar refractivity (Wildman–Crippen MR) is 104 cm³/mol. The summed E-state index contributed by atoms with van der Waals surface area (Å²) >= 11 is 0. The zero-order valence-electron chi connectivity index (χ0n) is 14.4. The number of hydrogen-bond acceptors (Lipinski definition) is 0. The lowest BCUT2D eigenvalue weighted by molar-refractivity contribution is 0.376. The van der Waals surface area contributed by atoms with Crippen LogP contribution in [0.2, 0.25) is 0 Å². The average Bonchev–Trinajstić information content (AvgIpc) is 2.57. The molecule has 0 heterocycles. The highest BCUT2D eigenvalue weighted by Gasteiger charge is 2.30. The van der Waals surface area contributed by atoms with E-state index < -0.39 is 7.92 Å². The Kier molecular flexibility index (Phi) is 5.34.